The van der Waals surface area contributed by atoms with Crippen molar-refractivity contribution in [3.63, 3.8) is 0 Å². The number of thiophene rings is 1. The van der Waals surface area contributed by atoms with Crippen LogP contribution in [0.1, 0.15) is 50.4 Å². The maximum atomic E-state index is 12.8. The average molecular weight is 413 g/mol. The zero-order valence-corrected chi connectivity index (χ0v) is 16.5. The van der Waals surface area contributed by atoms with E-state index in [1.807, 2.05) is 0 Å². The summed E-state index contributed by atoms with van der Waals surface area (Å²) in [5.74, 6) is -0.756. The number of benzene rings is 1. The van der Waals surface area contributed by atoms with Crippen LogP contribution in [0, 0.1) is 0 Å². The van der Waals surface area contributed by atoms with Gasteiger partial charge in [0.1, 0.15) is 10.8 Å². The number of hydrogen-bond acceptors (Lipinski definition) is 4. The summed E-state index contributed by atoms with van der Waals surface area (Å²) in [4.78, 5) is 25.9. The van der Waals surface area contributed by atoms with Crippen molar-refractivity contribution >= 4 is 51.4 Å². The molecule has 1 aromatic heterocycles. The molecule has 1 heterocycles. The molecule has 1 aromatic carbocycles. The van der Waals surface area contributed by atoms with Crippen LogP contribution in [0.25, 0.3) is 0 Å². The van der Waals surface area contributed by atoms with Crippen LogP contribution < -0.4 is 15.8 Å². The van der Waals surface area contributed by atoms with Crippen molar-refractivity contribution in [3.05, 3.63) is 43.7 Å². The second-order valence-electron chi connectivity index (χ2n) is 6.06. The summed E-state index contributed by atoms with van der Waals surface area (Å²) < 4.78 is 5.23. The highest BCUT2D eigenvalue weighted by atomic mass is 35.5. The zero-order valence-electron chi connectivity index (χ0n) is 14.2. The molecule has 5 nitrogen and oxygen atoms in total. The monoisotopic (exact) mass is 412 g/mol. The average Bonchev–Trinajstić information content (AvgIpc) is 2.75. The molecular weight excluding hydrogens is 395 g/mol. The van der Waals surface area contributed by atoms with Crippen LogP contribution in [-0.2, 0) is 12.8 Å². The number of fused-ring (bicyclic) bond motifs is 1. The van der Waals surface area contributed by atoms with E-state index >= 15 is 0 Å². The molecule has 8 heteroatoms. The first-order chi connectivity index (χ1) is 12.4. The number of hydrogen-bond donors (Lipinski definition) is 2. The third-order valence-corrected chi connectivity index (χ3v) is 6.06. The first-order valence-electron chi connectivity index (χ1n) is 8.21. The van der Waals surface area contributed by atoms with E-state index in [-0.39, 0.29) is 16.3 Å². The van der Waals surface area contributed by atoms with E-state index < -0.39 is 11.8 Å². The van der Waals surface area contributed by atoms with Gasteiger partial charge < -0.3 is 15.8 Å². The van der Waals surface area contributed by atoms with Crippen molar-refractivity contribution < 1.29 is 14.3 Å². The van der Waals surface area contributed by atoms with Gasteiger partial charge in [0.2, 0.25) is 0 Å². The van der Waals surface area contributed by atoms with Crippen molar-refractivity contribution in [3.8, 4) is 5.75 Å². The number of methoxy groups -OCH3 is 1. The highest BCUT2D eigenvalue weighted by molar-refractivity contribution is 7.17. The Hall–Kier alpha value is -1.76. The number of amides is 2. The number of aryl methyl sites for hydroxylation is 1. The summed E-state index contributed by atoms with van der Waals surface area (Å²) in [5.41, 5.74) is 7.17. The Morgan fingerprint density at radius 3 is 2.62 bits per heavy atom. The molecule has 3 rings (SSSR count). The van der Waals surface area contributed by atoms with Crippen molar-refractivity contribution in [2.75, 3.05) is 12.4 Å². The van der Waals surface area contributed by atoms with Crippen LogP contribution in [-0.4, -0.2) is 18.9 Å². The molecule has 0 spiro atoms. The Labute approximate surface area is 165 Å². The Morgan fingerprint density at radius 2 is 1.92 bits per heavy atom. The van der Waals surface area contributed by atoms with Gasteiger partial charge >= 0.3 is 0 Å². The van der Waals surface area contributed by atoms with Crippen LogP contribution in [0.4, 0.5) is 5.00 Å². The van der Waals surface area contributed by atoms with Crippen molar-refractivity contribution in [2.24, 2.45) is 5.73 Å². The molecule has 0 aliphatic heterocycles. The van der Waals surface area contributed by atoms with Gasteiger partial charge in [-0.15, -0.1) is 11.3 Å². The van der Waals surface area contributed by atoms with E-state index in [0.717, 1.165) is 42.5 Å². The van der Waals surface area contributed by atoms with Gasteiger partial charge in [0.15, 0.2) is 0 Å². The molecule has 0 fully saturated rings. The molecule has 2 aromatic rings. The second-order valence-corrected chi connectivity index (χ2v) is 8.00. The maximum absolute atomic E-state index is 12.8. The van der Waals surface area contributed by atoms with Gasteiger partial charge in [0.25, 0.3) is 11.8 Å². The number of nitrogens with one attached hydrogen (secondary N) is 1. The highest BCUT2D eigenvalue weighted by Gasteiger charge is 2.25. The lowest BCUT2D eigenvalue weighted by Gasteiger charge is -2.11. The van der Waals surface area contributed by atoms with Gasteiger partial charge in [-0.1, -0.05) is 29.6 Å². The fourth-order valence-corrected chi connectivity index (χ4v) is 5.06. The van der Waals surface area contributed by atoms with Crippen LogP contribution in [0.3, 0.4) is 0 Å². The van der Waals surface area contributed by atoms with E-state index in [1.54, 1.807) is 0 Å². The largest absolute Gasteiger partial charge is 0.494 e. The van der Waals surface area contributed by atoms with Crippen LogP contribution in [0.2, 0.25) is 10.0 Å². The van der Waals surface area contributed by atoms with Gasteiger partial charge in [-0.3, -0.25) is 9.59 Å². The van der Waals surface area contributed by atoms with Crippen LogP contribution in [0.5, 0.6) is 5.75 Å². The third-order valence-electron chi connectivity index (χ3n) is 4.35. The topological polar surface area (TPSA) is 81.4 Å². The zero-order chi connectivity index (χ0) is 18.8. The SMILES string of the molecule is COc1c(Cl)cc(Cl)cc1C(=O)Nc1sc2c(c1C(N)=O)CCCCC2. The number of ether oxygens (including phenoxy) is 1. The molecule has 0 saturated carbocycles. The lowest BCUT2D eigenvalue weighted by molar-refractivity contribution is 0.100. The summed E-state index contributed by atoms with van der Waals surface area (Å²) in [6.07, 6.45) is 4.89. The molecule has 0 unspecified atom stereocenters. The molecule has 26 heavy (non-hydrogen) atoms. The van der Waals surface area contributed by atoms with Crippen molar-refractivity contribution in [1.29, 1.82) is 0 Å². The van der Waals surface area contributed by atoms with Gasteiger partial charge in [0, 0.05) is 9.90 Å². The van der Waals surface area contributed by atoms with Crippen molar-refractivity contribution in [1.82, 2.24) is 0 Å². The number of rotatable bonds is 4. The number of carbonyl (C=O) groups excluding carboxylic acids is 2. The molecule has 0 atom stereocenters. The Kier molecular flexibility index (Phi) is 5.75. The van der Waals surface area contributed by atoms with E-state index in [9.17, 15) is 9.59 Å². The Balaban J connectivity index is 1.99. The number of halogens is 2. The van der Waals surface area contributed by atoms with Gasteiger partial charge in [0.05, 0.1) is 23.3 Å². The number of anilines is 1. The first-order valence-corrected chi connectivity index (χ1v) is 9.78. The van der Waals surface area contributed by atoms with E-state index in [4.69, 9.17) is 33.7 Å². The van der Waals surface area contributed by atoms with Gasteiger partial charge in [-0.25, -0.2) is 0 Å². The number of carbonyl (C=O) groups is 2. The summed E-state index contributed by atoms with van der Waals surface area (Å²) in [7, 11) is 1.42. The normalized spacial score (nSPS) is 13.7. The van der Waals surface area contributed by atoms with Crippen LogP contribution >= 0.6 is 34.5 Å². The molecule has 3 N–H and O–H groups in total. The minimum atomic E-state index is -0.532. The number of nitrogens with two attached hydrogens (primary N) is 1. The smallest absolute Gasteiger partial charge is 0.260 e. The molecule has 1 aliphatic rings. The van der Waals surface area contributed by atoms with Crippen molar-refractivity contribution in [2.45, 2.75) is 32.1 Å². The lowest BCUT2D eigenvalue weighted by atomic mass is 10.1. The van der Waals surface area contributed by atoms with Gasteiger partial charge in [-0.2, -0.15) is 0 Å². The standard InChI is InChI=1S/C18H18Cl2N2O3S/c1-25-15-11(7-9(19)8-12(15)20)17(24)22-18-14(16(21)23)10-5-3-2-4-6-13(10)26-18/h7-8H,2-6H2,1H3,(H2,21,23)(H,22,24). The minimum absolute atomic E-state index is 0.198. The molecular formula is C18H18Cl2N2O3S. The van der Waals surface area contributed by atoms with Crippen LogP contribution in [0.15, 0.2) is 12.1 Å². The third kappa shape index (κ3) is 3.68. The molecule has 2 amide bonds. The molecule has 0 radical (unpaired) electrons. The molecule has 0 bridgehead atoms. The molecule has 1 aliphatic carbocycles. The van der Waals surface area contributed by atoms with E-state index in [2.05, 4.69) is 5.32 Å². The minimum Gasteiger partial charge on any atom is -0.494 e. The van der Waals surface area contributed by atoms with E-state index in [0.29, 0.717) is 15.6 Å². The molecule has 138 valence electrons. The van der Waals surface area contributed by atoms with Gasteiger partial charge in [-0.05, 0) is 43.4 Å². The Morgan fingerprint density at radius 1 is 1.19 bits per heavy atom. The quantitative estimate of drug-likeness (QED) is 0.714. The van der Waals surface area contributed by atoms with E-state index in [1.165, 1.54) is 30.6 Å². The predicted molar refractivity (Wildman–Crippen MR) is 105 cm³/mol. The number of primary amides is 1. The lowest BCUT2D eigenvalue weighted by Crippen LogP contribution is -2.18. The maximum Gasteiger partial charge on any atom is 0.260 e. The fourth-order valence-electron chi connectivity index (χ4n) is 3.20. The molecule has 0 saturated heterocycles. The summed E-state index contributed by atoms with van der Waals surface area (Å²) in [5, 5.41) is 3.82. The fraction of sp³-hybridized carbons (Fsp3) is 0.333. The Bertz CT molecular complexity index is 880. The predicted octanol–water partition coefficient (Wildman–Crippen LogP) is 4.68. The second kappa shape index (κ2) is 7.86. The summed E-state index contributed by atoms with van der Waals surface area (Å²) in [6, 6.07) is 2.98. The summed E-state index contributed by atoms with van der Waals surface area (Å²) in [6.45, 7) is 0. The highest BCUT2D eigenvalue weighted by Crippen LogP contribution is 2.38. The first kappa shape index (κ1) is 19.0. The summed E-state index contributed by atoms with van der Waals surface area (Å²) >= 11 is 13.5.